The molecule has 1 saturated heterocycles. The van der Waals surface area contributed by atoms with E-state index >= 15 is 0 Å². The van der Waals surface area contributed by atoms with E-state index in [-0.39, 0.29) is 17.9 Å². The van der Waals surface area contributed by atoms with Gasteiger partial charge in [-0.1, -0.05) is 0 Å². The number of anilines is 2. The van der Waals surface area contributed by atoms with Crippen molar-refractivity contribution in [2.45, 2.75) is 13.1 Å². The Hall–Kier alpha value is -2.29. The number of rotatable bonds is 4. The molecular formula is C16H19F3N2O4. The summed E-state index contributed by atoms with van der Waals surface area (Å²) in [7, 11) is 1.01. The number of carbonyl (C=O) groups is 2. The number of halogens is 3. The van der Waals surface area contributed by atoms with Crippen LogP contribution in [0.25, 0.3) is 0 Å². The van der Waals surface area contributed by atoms with Gasteiger partial charge < -0.3 is 19.3 Å². The Morgan fingerprint density at radius 1 is 1.28 bits per heavy atom. The topological polar surface area (TPSA) is 59.1 Å². The molecule has 2 rings (SSSR count). The number of hydrogen-bond donors (Lipinski definition) is 0. The van der Waals surface area contributed by atoms with E-state index in [1.54, 1.807) is 6.92 Å². The van der Waals surface area contributed by atoms with E-state index in [2.05, 4.69) is 0 Å². The quantitative estimate of drug-likeness (QED) is 0.771. The second-order valence-electron chi connectivity index (χ2n) is 5.38. The molecule has 1 aromatic carbocycles. The van der Waals surface area contributed by atoms with E-state index < -0.39 is 18.1 Å². The van der Waals surface area contributed by atoms with E-state index in [1.807, 2.05) is 4.90 Å². The number of nitrogens with zero attached hydrogens (tertiary/aromatic N) is 2. The molecule has 0 aliphatic carbocycles. The van der Waals surface area contributed by atoms with Gasteiger partial charge in [-0.25, -0.2) is 4.79 Å². The van der Waals surface area contributed by atoms with Gasteiger partial charge >= 0.3 is 18.1 Å². The highest BCUT2D eigenvalue weighted by molar-refractivity contribution is 6.01. The number of ether oxygens (including phenoxy) is 2. The van der Waals surface area contributed by atoms with Crippen molar-refractivity contribution in [3.05, 3.63) is 23.8 Å². The molecule has 0 atom stereocenters. The van der Waals surface area contributed by atoms with Crippen LogP contribution in [-0.2, 0) is 14.3 Å². The monoisotopic (exact) mass is 360 g/mol. The molecule has 0 radical (unpaired) electrons. The lowest BCUT2D eigenvalue weighted by molar-refractivity contribution is -0.170. The van der Waals surface area contributed by atoms with Crippen LogP contribution >= 0.6 is 0 Å². The first-order valence-corrected chi connectivity index (χ1v) is 7.74. The van der Waals surface area contributed by atoms with E-state index in [4.69, 9.17) is 9.47 Å². The summed E-state index contributed by atoms with van der Waals surface area (Å²) in [5.74, 6) is -2.67. The Balaban J connectivity index is 2.39. The van der Waals surface area contributed by atoms with E-state index in [9.17, 15) is 22.8 Å². The lowest BCUT2D eigenvalue weighted by Crippen LogP contribution is -2.39. The lowest BCUT2D eigenvalue weighted by Gasteiger charge is -2.31. The van der Waals surface area contributed by atoms with Gasteiger partial charge in [-0.2, -0.15) is 13.2 Å². The minimum Gasteiger partial charge on any atom is -0.462 e. The van der Waals surface area contributed by atoms with Gasteiger partial charge in [0.1, 0.15) is 0 Å². The molecule has 1 aromatic rings. The van der Waals surface area contributed by atoms with Crippen molar-refractivity contribution in [1.29, 1.82) is 0 Å². The van der Waals surface area contributed by atoms with Crippen LogP contribution in [0.1, 0.15) is 17.3 Å². The third-order valence-electron chi connectivity index (χ3n) is 3.76. The molecule has 1 amide bonds. The zero-order chi connectivity index (χ0) is 18.6. The van der Waals surface area contributed by atoms with Gasteiger partial charge in [-0.15, -0.1) is 0 Å². The highest BCUT2D eigenvalue weighted by Gasteiger charge is 2.42. The van der Waals surface area contributed by atoms with E-state index in [0.29, 0.717) is 36.9 Å². The van der Waals surface area contributed by atoms with Gasteiger partial charge in [0.2, 0.25) is 0 Å². The minimum atomic E-state index is -5.00. The summed E-state index contributed by atoms with van der Waals surface area (Å²) in [5.41, 5.74) is 0.615. The zero-order valence-electron chi connectivity index (χ0n) is 13.9. The second kappa shape index (κ2) is 7.73. The van der Waals surface area contributed by atoms with Crippen LogP contribution in [0.4, 0.5) is 24.5 Å². The summed E-state index contributed by atoms with van der Waals surface area (Å²) >= 11 is 0. The second-order valence-corrected chi connectivity index (χ2v) is 5.38. The summed E-state index contributed by atoms with van der Waals surface area (Å²) < 4.78 is 48.2. The van der Waals surface area contributed by atoms with Crippen LogP contribution in [-0.4, -0.2) is 58.0 Å². The van der Waals surface area contributed by atoms with Crippen LogP contribution in [0, 0.1) is 0 Å². The minimum absolute atomic E-state index is 0.0395. The number of esters is 1. The fraction of sp³-hybridized carbons (Fsp3) is 0.500. The number of amides is 1. The molecule has 0 bridgehead atoms. The fourth-order valence-corrected chi connectivity index (χ4v) is 2.49. The average Bonchev–Trinajstić information content (AvgIpc) is 2.60. The van der Waals surface area contributed by atoms with Crippen molar-refractivity contribution in [2.75, 3.05) is 49.8 Å². The summed E-state index contributed by atoms with van der Waals surface area (Å²) in [4.78, 5) is 26.0. The summed E-state index contributed by atoms with van der Waals surface area (Å²) in [5, 5.41) is 0. The highest BCUT2D eigenvalue weighted by atomic mass is 19.4. The summed E-state index contributed by atoms with van der Waals surface area (Å²) in [6.45, 7) is 3.82. The van der Waals surface area contributed by atoms with E-state index in [0.717, 1.165) is 7.05 Å². The van der Waals surface area contributed by atoms with Gasteiger partial charge in [0.15, 0.2) is 0 Å². The maximum absolute atomic E-state index is 12.6. The first-order valence-electron chi connectivity index (χ1n) is 7.74. The number of benzene rings is 1. The molecule has 0 aromatic heterocycles. The van der Waals surface area contributed by atoms with Crippen molar-refractivity contribution >= 4 is 23.3 Å². The van der Waals surface area contributed by atoms with Gasteiger partial charge in [0.05, 0.1) is 31.1 Å². The van der Waals surface area contributed by atoms with Gasteiger partial charge in [0, 0.05) is 25.8 Å². The molecule has 0 N–H and O–H groups in total. The number of carbonyl (C=O) groups excluding carboxylic acids is 2. The van der Waals surface area contributed by atoms with Crippen molar-refractivity contribution in [3.8, 4) is 0 Å². The highest BCUT2D eigenvalue weighted by Crippen LogP contribution is 2.29. The van der Waals surface area contributed by atoms with Crippen LogP contribution in [0.2, 0.25) is 0 Å². The van der Waals surface area contributed by atoms with Crippen LogP contribution in [0.3, 0.4) is 0 Å². The first-order chi connectivity index (χ1) is 11.8. The lowest BCUT2D eigenvalue weighted by atomic mass is 10.1. The smallest absolute Gasteiger partial charge is 0.462 e. The van der Waals surface area contributed by atoms with Crippen molar-refractivity contribution in [1.82, 2.24) is 0 Å². The molecule has 1 aliphatic rings. The van der Waals surface area contributed by atoms with Crippen LogP contribution in [0.5, 0.6) is 0 Å². The third-order valence-corrected chi connectivity index (χ3v) is 3.76. The Morgan fingerprint density at radius 2 is 1.92 bits per heavy atom. The Morgan fingerprint density at radius 3 is 2.48 bits per heavy atom. The summed E-state index contributed by atoms with van der Waals surface area (Å²) in [6, 6.07) is 4.14. The molecule has 0 saturated carbocycles. The third kappa shape index (κ3) is 4.41. The zero-order valence-corrected chi connectivity index (χ0v) is 13.9. The molecule has 1 aliphatic heterocycles. The molecule has 1 fully saturated rings. The van der Waals surface area contributed by atoms with E-state index in [1.165, 1.54) is 18.2 Å². The predicted molar refractivity (Wildman–Crippen MR) is 84.9 cm³/mol. The van der Waals surface area contributed by atoms with Gasteiger partial charge in [-0.3, -0.25) is 4.79 Å². The van der Waals surface area contributed by atoms with Gasteiger partial charge in [0.25, 0.3) is 0 Å². The average molecular weight is 360 g/mol. The number of hydrogen-bond acceptors (Lipinski definition) is 5. The Bertz CT molecular complexity index is 643. The maximum atomic E-state index is 12.6. The van der Waals surface area contributed by atoms with Gasteiger partial charge in [-0.05, 0) is 25.1 Å². The SMILES string of the molecule is CCOC(=O)c1cc(N(C)C(=O)C(F)(F)F)ccc1N1CCOCC1. The standard InChI is InChI=1S/C16H19F3N2O4/c1-3-25-14(22)12-10-11(20(2)15(23)16(17,18)19)4-5-13(12)21-6-8-24-9-7-21/h4-5,10H,3,6-9H2,1-2H3. The normalized spacial score (nSPS) is 15.0. The first kappa shape index (κ1) is 19.0. The van der Waals surface area contributed by atoms with Crippen LogP contribution < -0.4 is 9.80 Å². The Kier molecular flexibility index (Phi) is 5.89. The molecule has 0 spiro atoms. The maximum Gasteiger partial charge on any atom is 0.471 e. The number of morpholine rings is 1. The Labute approximate surface area is 143 Å². The van der Waals surface area contributed by atoms with Crippen molar-refractivity contribution < 1.29 is 32.2 Å². The molecule has 6 nitrogen and oxygen atoms in total. The molecule has 138 valence electrons. The largest absolute Gasteiger partial charge is 0.471 e. The molecule has 1 heterocycles. The van der Waals surface area contributed by atoms with Crippen molar-refractivity contribution in [3.63, 3.8) is 0 Å². The summed E-state index contributed by atoms with van der Waals surface area (Å²) in [6.07, 6.45) is -5.00. The molecule has 25 heavy (non-hydrogen) atoms. The fourth-order valence-electron chi connectivity index (χ4n) is 2.49. The van der Waals surface area contributed by atoms with Crippen LogP contribution in [0.15, 0.2) is 18.2 Å². The molecule has 9 heteroatoms. The predicted octanol–water partition coefficient (Wildman–Crippen LogP) is 2.23. The molecular weight excluding hydrogens is 341 g/mol. The molecule has 0 unspecified atom stereocenters. The van der Waals surface area contributed by atoms with Crippen molar-refractivity contribution in [2.24, 2.45) is 0 Å². The number of alkyl halides is 3.